The number of rotatable bonds is 7. The van der Waals surface area contributed by atoms with E-state index in [0.29, 0.717) is 25.4 Å². The quantitative estimate of drug-likeness (QED) is 0.786. The molecular weight excluding hydrogens is 298 g/mol. The van der Waals surface area contributed by atoms with E-state index >= 15 is 0 Å². The number of para-hydroxylation sites is 1. The standard InChI is InChI=1S/C17H21NO3S/c1-3-18(4-2)22(19,20)17-13-9-8-12-16(17)21-14-15-10-6-5-7-11-15/h5-13H,3-4,14H2,1-2H3. The van der Waals surface area contributed by atoms with Crippen molar-refractivity contribution in [3.63, 3.8) is 0 Å². The molecular formula is C17H21NO3S. The Hall–Kier alpha value is -1.85. The van der Waals surface area contributed by atoms with Gasteiger partial charge in [0.25, 0.3) is 0 Å². The second-order valence-corrected chi connectivity index (χ2v) is 6.72. The zero-order chi connectivity index (χ0) is 16.0. The molecule has 0 aliphatic carbocycles. The fourth-order valence-electron chi connectivity index (χ4n) is 2.22. The first-order valence-corrected chi connectivity index (χ1v) is 8.79. The van der Waals surface area contributed by atoms with Crippen LogP contribution in [-0.4, -0.2) is 25.8 Å². The molecule has 0 saturated heterocycles. The second-order valence-electron chi connectivity index (χ2n) is 4.81. The lowest BCUT2D eigenvalue weighted by Crippen LogP contribution is -2.30. The van der Waals surface area contributed by atoms with Gasteiger partial charge in [-0.2, -0.15) is 4.31 Å². The molecule has 0 amide bonds. The molecule has 0 spiro atoms. The normalized spacial score (nSPS) is 11.6. The zero-order valence-corrected chi connectivity index (χ0v) is 13.7. The Labute approximate surface area is 132 Å². The number of hydrogen-bond donors (Lipinski definition) is 0. The van der Waals surface area contributed by atoms with Crippen LogP contribution in [0.5, 0.6) is 5.75 Å². The maximum absolute atomic E-state index is 12.7. The largest absolute Gasteiger partial charge is 0.487 e. The fourth-order valence-corrected chi connectivity index (χ4v) is 3.81. The van der Waals surface area contributed by atoms with E-state index in [1.54, 1.807) is 24.3 Å². The van der Waals surface area contributed by atoms with Crippen molar-refractivity contribution in [2.45, 2.75) is 25.3 Å². The van der Waals surface area contributed by atoms with Gasteiger partial charge in [-0.25, -0.2) is 8.42 Å². The first kappa shape index (κ1) is 16.5. The Morgan fingerprint density at radius 2 is 1.50 bits per heavy atom. The molecule has 0 saturated carbocycles. The van der Waals surface area contributed by atoms with Crippen LogP contribution < -0.4 is 4.74 Å². The van der Waals surface area contributed by atoms with E-state index in [0.717, 1.165) is 5.56 Å². The smallest absolute Gasteiger partial charge is 0.246 e. The molecule has 5 heteroatoms. The van der Waals surface area contributed by atoms with Crippen molar-refractivity contribution < 1.29 is 13.2 Å². The Morgan fingerprint density at radius 1 is 0.909 bits per heavy atom. The molecule has 2 aromatic carbocycles. The van der Waals surface area contributed by atoms with Gasteiger partial charge in [0, 0.05) is 13.1 Å². The van der Waals surface area contributed by atoms with E-state index in [-0.39, 0.29) is 4.90 Å². The molecule has 0 heterocycles. The average molecular weight is 319 g/mol. The highest BCUT2D eigenvalue weighted by atomic mass is 32.2. The predicted octanol–water partition coefficient (Wildman–Crippen LogP) is 3.30. The highest BCUT2D eigenvalue weighted by molar-refractivity contribution is 7.89. The van der Waals surface area contributed by atoms with E-state index in [1.807, 2.05) is 44.2 Å². The van der Waals surface area contributed by atoms with Crippen LogP contribution in [0.4, 0.5) is 0 Å². The minimum absolute atomic E-state index is 0.217. The van der Waals surface area contributed by atoms with E-state index in [4.69, 9.17) is 4.74 Å². The van der Waals surface area contributed by atoms with Crippen molar-refractivity contribution in [2.75, 3.05) is 13.1 Å². The van der Waals surface area contributed by atoms with Crippen molar-refractivity contribution in [1.29, 1.82) is 0 Å². The lowest BCUT2D eigenvalue weighted by atomic mass is 10.2. The summed E-state index contributed by atoms with van der Waals surface area (Å²) in [6, 6.07) is 16.5. The molecule has 4 nitrogen and oxygen atoms in total. The Bertz CT molecular complexity index is 695. The van der Waals surface area contributed by atoms with Gasteiger partial charge in [0.2, 0.25) is 10.0 Å². The van der Waals surface area contributed by atoms with Gasteiger partial charge in [0.1, 0.15) is 17.3 Å². The summed E-state index contributed by atoms with van der Waals surface area (Å²) in [7, 11) is -3.53. The first-order chi connectivity index (χ1) is 10.6. The van der Waals surface area contributed by atoms with E-state index in [9.17, 15) is 8.42 Å². The van der Waals surface area contributed by atoms with Crippen molar-refractivity contribution >= 4 is 10.0 Å². The Morgan fingerprint density at radius 3 is 2.14 bits per heavy atom. The van der Waals surface area contributed by atoms with Gasteiger partial charge in [0.15, 0.2) is 0 Å². The average Bonchev–Trinajstić information content (AvgIpc) is 2.55. The molecule has 0 fully saturated rings. The van der Waals surface area contributed by atoms with E-state index in [1.165, 1.54) is 4.31 Å². The van der Waals surface area contributed by atoms with Crippen LogP contribution in [0.3, 0.4) is 0 Å². The number of sulfonamides is 1. The highest BCUT2D eigenvalue weighted by Gasteiger charge is 2.25. The highest BCUT2D eigenvalue weighted by Crippen LogP contribution is 2.27. The fraction of sp³-hybridized carbons (Fsp3) is 0.294. The summed E-state index contributed by atoms with van der Waals surface area (Å²) >= 11 is 0. The summed E-state index contributed by atoms with van der Waals surface area (Å²) in [5.74, 6) is 0.387. The van der Waals surface area contributed by atoms with Gasteiger partial charge < -0.3 is 4.74 Å². The van der Waals surface area contributed by atoms with E-state index in [2.05, 4.69) is 0 Å². The number of nitrogens with zero attached hydrogens (tertiary/aromatic N) is 1. The topological polar surface area (TPSA) is 46.6 Å². The van der Waals surface area contributed by atoms with Crippen LogP contribution in [0, 0.1) is 0 Å². The van der Waals surface area contributed by atoms with Crippen molar-refractivity contribution in [2.24, 2.45) is 0 Å². The third kappa shape index (κ3) is 3.67. The summed E-state index contributed by atoms with van der Waals surface area (Å²) in [6.07, 6.45) is 0. The summed E-state index contributed by atoms with van der Waals surface area (Å²) in [6.45, 7) is 4.87. The van der Waals surface area contributed by atoms with Crippen molar-refractivity contribution in [3.8, 4) is 5.75 Å². The third-order valence-corrected chi connectivity index (χ3v) is 5.50. The van der Waals surface area contributed by atoms with Gasteiger partial charge in [0.05, 0.1) is 0 Å². The van der Waals surface area contributed by atoms with Crippen LogP contribution in [0.15, 0.2) is 59.5 Å². The molecule has 0 bridgehead atoms. The first-order valence-electron chi connectivity index (χ1n) is 7.35. The van der Waals surface area contributed by atoms with Gasteiger partial charge in [-0.1, -0.05) is 56.3 Å². The number of benzene rings is 2. The zero-order valence-electron chi connectivity index (χ0n) is 12.9. The Balaban J connectivity index is 2.27. The summed E-state index contributed by atoms with van der Waals surface area (Å²) in [4.78, 5) is 0.217. The molecule has 0 aliphatic heterocycles. The molecule has 22 heavy (non-hydrogen) atoms. The third-order valence-electron chi connectivity index (χ3n) is 3.41. The molecule has 0 aromatic heterocycles. The van der Waals surface area contributed by atoms with Crippen molar-refractivity contribution in [3.05, 3.63) is 60.2 Å². The van der Waals surface area contributed by atoms with E-state index < -0.39 is 10.0 Å². The minimum Gasteiger partial charge on any atom is -0.487 e. The molecule has 0 unspecified atom stereocenters. The summed E-state index contributed by atoms with van der Waals surface area (Å²) < 4.78 is 32.5. The van der Waals surface area contributed by atoms with Crippen LogP contribution in [0.1, 0.15) is 19.4 Å². The predicted molar refractivity (Wildman–Crippen MR) is 87.3 cm³/mol. The maximum Gasteiger partial charge on any atom is 0.246 e. The number of ether oxygens (including phenoxy) is 1. The number of hydrogen-bond acceptors (Lipinski definition) is 3. The van der Waals surface area contributed by atoms with Gasteiger partial charge in [-0.05, 0) is 17.7 Å². The molecule has 0 atom stereocenters. The van der Waals surface area contributed by atoms with Crippen LogP contribution in [0.25, 0.3) is 0 Å². The van der Waals surface area contributed by atoms with Crippen LogP contribution >= 0.6 is 0 Å². The monoisotopic (exact) mass is 319 g/mol. The minimum atomic E-state index is -3.53. The lowest BCUT2D eigenvalue weighted by Gasteiger charge is -2.20. The van der Waals surface area contributed by atoms with Gasteiger partial charge >= 0.3 is 0 Å². The van der Waals surface area contributed by atoms with Gasteiger partial charge in [-0.15, -0.1) is 0 Å². The molecule has 2 aromatic rings. The van der Waals surface area contributed by atoms with Crippen LogP contribution in [-0.2, 0) is 16.6 Å². The second kappa shape index (κ2) is 7.42. The van der Waals surface area contributed by atoms with Crippen LogP contribution in [0.2, 0.25) is 0 Å². The Kier molecular flexibility index (Phi) is 5.57. The van der Waals surface area contributed by atoms with Gasteiger partial charge in [-0.3, -0.25) is 0 Å². The molecule has 2 rings (SSSR count). The molecule has 0 aliphatic rings. The maximum atomic E-state index is 12.7. The van der Waals surface area contributed by atoms with Crippen molar-refractivity contribution in [1.82, 2.24) is 4.31 Å². The SMILES string of the molecule is CCN(CC)S(=O)(=O)c1ccccc1OCc1ccccc1. The summed E-state index contributed by atoms with van der Waals surface area (Å²) in [5.41, 5.74) is 0.998. The molecule has 0 N–H and O–H groups in total. The lowest BCUT2D eigenvalue weighted by molar-refractivity contribution is 0.296. The summed E-state index contributed by atoms with van der Waals surface area (Å²) in [5, 5.41) is 0. The molecule has 0 radical (unpaired) electrons. The molecule has 118 valence electrons.